The summed E-state index contributed by atoms with van der Waals surface area (Å²) in [7, 11) is -0.853. The number of sulfone groups is 1. The minimum Gasteiger partial charge on any atom is -0.319 e. The van der Waals surface area contributed by atoms with Crippen molar-refractivity contribution < 1.29 is 8.42 Å². The van der Waals surface area contributed by atoms with E-state index in [4.69, 9.17) is 0 Å². The lowest BCUT2D eigenvalue weighted by atomic mass is 9.88. The molecule has 2 rings (SSSR count). The van der Waals surface area contributed by atoms with Crippen LogP contribution in [0.5, 0.6) is 0 Å². The number of thiophene rings is 1. The summed E-state index contributed by atoms with van der Waals surface area (Å²) in [6, 6.07) is 2.06. The van der Waals surface area contributed by atoms with E-state index in [1.165, 1.54) is 4.88 Å². The van der Waals surface area contributed by atoms with E-state index in [1.807, 2.05) is 7.05 Å². The molecule has 0 saturated carbocycles. The fourth-order valence-electron chi connectivity index (χ4n) is 2.57. The zero-order valence-electron chi connectivity index (χ0n) is 10.4. The number of hydrogen-bond donors (Lipinski definition) is 1. The molecule has 0 amide bonds. The van der Waals surface area contributed by atoms with Crippen LogP contribution in [-0.2, 0) is 16.3 Å². The maximum Gasteiger partial charge on any atom is 0.150 e. The topological polar surface area (TPSA) is 46.2 Å². The van der Waals surface area contributed by atoms with Crippen molar-refractivity contribution in [3.8, 4) is 0 Å². The van der Waals surface area contributed by atoms with Gasteiger partial charge in [0.25, 0.3) is 0 Å². The second kappa shape index (κ2) is 6.03. The maximum atomic E-state index is 11.6. The summed E-state index contributed by atoms with van der Waals surface area (Å²) < 4.78 is 24.3. The van der Waals surface area contributed by atoms with Gasteiger partial charge in [0.15, 0.2) is 9.84 Å². The summed E-state index contributed by atoms with van der Waals surface area (Å²) in [5, 5.41) is 5.27. The van der Waals surface area contributed by atoms with Crippen LogP contribution in [-0.4, -0.2) is 33.5 Å². The molecule has 0 bridgehead atoms. The van der Waals surface area contributed by atoms with E-state index in [-0.39, 0.29) is 0 Å². The fourth-order valence-corrected chi connectivity index (χ4v) is 6.10. The molecule has 1 N–H and O–H groups in total. The highest BCUT2D eigenvalue weighted by Gasteiger charge is 2.33. The predicted molar refractivity (Wildman–Crippen MR) is 79.9 cm³/mol. The van der Waals surface area contributed by atoms with Gasteiger partial charge in [-0.1, -0.05) is 0 Å². The van der Waals surface area contributed by atoms with E-state index in [9.17, 15) is 8.42 Å². The minimum absolute atomic E-state index is 0.302. The molecule has 0 spiro atoms. The Bertz CT molecular complexity index is 498. The van der Waals surface area contributed by atoms with E-state index in [0.29, 0.717) is 23.3 Å². The van der Waals surface area contributed by atoms with Gasteiger partial charge < -0.3 is 5.32 Å². The Balaban J connectivity index is 2.07. The van der Waals surface area contributed by atoms with Gasteiger partial charge in [-0.25, -0.2) is 8.42 Å². The normalized spacial score (nSPS) is 24.2. The van der Waals surface area contributed by atoms with Crippen molar-refractivity contribution in [1.29, 1.82) is 0 Å². The number of halogens is 1. The first kappa shape index (κ1) is 14.5. The van der Waals surface area contributed by atoms with Gasteiger partial charge in [0.05, 0.1) is 11.5 Å². The second-order valence-electron chi connectivity index (χ2n) is 4.88. The zero-order chi connectivity index (χ0) is 13.2. The molecular weight excluding hydrogens is 334 g/mol. The van der Waals surface area contributed by atoms with Crippen LogP contribution in [0.4, 0.5) is 0 Å². The van der Waals surface area contributed by atoms with Crippen LogP contribution >= 0.6 is 27.3 Å². The van der Waals surface area contributed by atoms with Crippen molar-refractivity contribution >= 4 is 37.1 Å². The van der Waals surface area contributed by atoms with Crippen LogP contribution in [0, 0.1) is 11.8 Å². The number of nitrogens with one attached hydrogen (secondary N) is 1. The molecule has 3 nitrogen and oxygen atoms in total. The molecular formula is C12H18BrNO2S2. The summed E-state index contributed by atoms with van der Waals surface area (Å²) in [5.74, 6) is 1.44. The van der Waals surface area contributed by atoms with Crippen LogP contribution in [0.3, 0.4) is 0 Å². The molecule has 1 aliphatic heterocycles. The highest BCUT2D eigenvalue weighted by molar-refractivity contribution is 9.10. The molecule has 0 aliphatic carbocycles. The van der Waals surface area contributed by atoms with Gasteiger partial charge in [0, 0.05) is 9.35 Å². The largest absolute Gasteiger partial charge is 0.319 e. The Morgan fingerprint density at radius 2 is 2.39 bits per heavy atom. The SMILES string of the molecule is CNCC(Cc1sccc1Br)C1CCS(=O)(=O)C1. The molecule has 0 radical (unpaired) electrons. The van der Waals surface area contributed by atoms with E-state index in [1.54, 1.807) is 11.3 Å². The van der Waals surface area contributed by atoms with E-state index < -0.39 is 9.84 Å². The van der Waals surface area contributed by atoms with Crippen LogP contribution in [0.2, 0.25) is 0 Å². The van der Waals surface area contributed by atoms with Crippen molar-refractivity contribution in [2.75, 3.05) is 25.1 Å². The average molecular weight is 352 g/mol. The Kier molecular flexibility index (Phi) is 4.86. The monoisotopic (exact) mass is 351 g/mol. The fraction of sp³-hybridized carbons (Fsp3) is 0.667. The van der Waals surface area contributed by atoms with Crippen molar-refractivity contribution in [2.24, 2.45) is 11.8 Å². The number of hydrogen-bond acceptors (Lipinski definition) is 4. The van der Waals surface area contributed by atoms with Crippen molar-refractivity contribution in [2.45, 2.75) is 12.8 Å². The van der Waals surface area contributed by atoms with Crippen LogP contribution in [0.15, 0.2) is 15.9 Å². The first-order valence-corrected chi connectivity index (χ1v) is 9.58. The molecule has 1 saturated heterocycles. The van der Waals surface area contributed by atoms with Crippen molar-refractivity contribution in [3.63, 3.8) is 0 Å². The van der Waals surface area contributed by atoms with Crippen LogP contribution in [0.25, 0.3) is 0 Å². The Morgan fingerprint density at radius 1 is 1.61 bits per heavy atom. The summed E-state index contributed by atoms with van der Waals surface area (Å²) in [5.41, 5.74) is 0. The molecule has 1 aromatic heterocycles. The molecule has 6 heteroatoms. The lowest BCUT2D eigenvalue weighted by Gasteiger charge is -2.22. The lowest BCUT2D eigenvalue weighted by Crippen LogP contribution is -2.28. The Labute approximate surface area is 121 Å². The third-order valence-electron chi connectivity index (χ3n) is 3.54. The molecule has 102 valence electrons. The molecule has 2 atom stereocenters. The second-order valence-corrected chi connectivity index (χ2v) is 8.96. The molecule has 2 unspecified atom stereocenters. The molecule has 1 aliphatic rings. The molecule has 2 heterocycles. The highest BCUT2D eigenvalue weighted by atomic mass is 79.9. The van der Waals surface area contributed by atoms with E-state index in [0.717, 1.165) is 23.9 Å². The van der Waals surface area contributed by atoms with Crippen molar-refractivity contribution in [3.05, 3.63) is 20.8 Å². The van der Waals surface area contributed by atoms with E-state index in [2.05, 4.69) is 32.7 Å². The first-order chi connectivity index (χ1) is 8.52. The average Bonchev–Trinajstić information content (AvgIpc) is 2.85. The van der Waals surface area contributed by atoms with Gasteiger partial charge in [-0.05, 0) is 65.6 Å². The quantitative estimate of drug-likeness (QED) is 0.885. The molecule has 1 fully saturated rings. The smallest absolute Gasteiger partial charge is 0.150 e. The number of rotatable bonds is 5. The molecule has 1 aromatic rings. The van der Waals surface area contributed by atoms with Gasteiger partial charge in [-0.15, -0.1) is 11.3 Å². The maximum absolute atomic E-state index is 11.6. The Hall–Kier alpha value is 0.0900. The summed E-state index contributed by atoms with van der Waals surface area (Å²) in [4.78, 5) is 1.32. The summed E-state index contributed by atoms with van der Waals surface area (Å²) in [6.07, 6.45) is 1.77. The van der Waals surface area contributed by atoms with Gasteiger partial charge in [-0.3, -0.25) is 0 Å². The Morgan fingerprint density at radius 3 is 2.89 bits per heavy atom. The van der Waals surface area contributed by atoms with Gasteiger partial charge in [0.1, 0.15) is 0 Å². The highest BCUT2D eigenvalue weighted by Crippen LogP contribution is 2.32. The lowest BCUT2D eigenvalue weighted by molar-refractivity contribution is 0.353. The standard InChI is InChI=1S/C12H18BrNO2S2/c1-14-7-10(6-12-11(13)2-4-17-12)9-3-5-18(15,16)8-9/h2,4,9-10,14H,3,5-8H2,1H3. The summed E-state index contributed by atoms with van der Waals surface area (Å²) in [6.45, 7) is 0.879. The minimum atomic E-state index is -2.78. The molecule has 0 aromatic carbocycles. The van der Waals surface area contributed by atoms with Crippen LogP contribution < -0.4 is 5.32 Å². The zero-order valence-corrected chi connectivity index (χ0v) is 13.6. The van der Waals surface area contributed by atoms with Crippen LogP contribution in [0.1, 0.15) is 11.3 Å². The van der Waals surface area contributed by atoms with E-state index >= 15 is 0 Å². The predicted octanol–water partition coefficient (Wildman–Crippen LogP) is 2.32. The third kappa shape index (κ3) is 3.56. The first-order valence-electron chi connectivity index (χ1n) is 6.08. The van der Waals surface area contributed by atoms with Crippen molar-refractivity contribution in [1.82, 2.24) is 5.32 Å². The van der Waals surface area contributed by atoms with Gasteiger partial charge in [-0.2, -0.15) is 0 Å². The summed E-state index contributed by atoms with van der Waals surface area (Å²) >= 11 is 5.29. The van der Waals surface area contributed by atoms with Gasteiger partial charge >= 0.3 is 0 Å². The third-order valence-corrected chi connectivity index (χ3v) is 7.28. The van der Waals surface area contributed by atoms with Gasteiger partial charge in [0.2, 0.25) is 0 Å². The molecule has 18 heavy (non-hydrogen) atoms.